The van der Waals surface area contributed by atoms with E-state index in [2.05, 4.69) is 16.9 Å². The first-order valence-corrected chi connectivity index (χ1v) is 7.89. The fraction of sp³-hybridized carbons (Fsp3) is 0.353. The van der Waals surface area contributed by atoms with Gasteiger partial charge in [0.2, 0.25) is 11.8 Å². The minimum absolute atomic E-state index is 0.193. The summed E-state index contributed by atoms with van der Waals surface area (Å²) in [6.07, 6.45) is -0.146. The van der Waals surface area contributed by atoms with Gasteiger partial charge in [-0.2, -0.15) is 8.78 Å². The van der Waals surface area contributed by atoms with Crippen molar-refractivity contribution < 1.29 is 22.8 Å². The van der Waals surface area contributed by atoms with Crippen molar-refractivity contribution in [3.05, 3.63) is 36.7 Å². The van der Waals surface area contributed by atoms with Crippen molar-refractivity contribution in [3.63, 3.8) is 0 Å². The second-order valence-electron chi connectivity index (χ2n) is 5.85. The summed E-state index contributed by atoms with van der Waals surface area (Å²) >= 11 is 0. The van der Waals surface area contributed by atoms with E-state index in [9.17, 15) is 18.4 Å². The van der Waals surface area contributed by atoms with Gasteiger partial charge in [-0.3, -0.25) is 9.59 Å². The normalized spacial score (nSPS) is 17.7. The van der Waals surface area contributed by atoms with Crippen LogP contribution in [0, 0.1) is 5.92 Å². The molecule has 0 aliphatic carbocycles. The molecule has 0 saturated carbocycles. The van der Waals surface area contributed by atoms with Crippen LogP contribution >= 0.6 is 0 Å². The molecule has 0 unspecified atom stereocenters. The Labute approximate surface area is 142 Å². The number of benzene rings is 1. The van der Waals surface area contributed by atoms with Crippen LogP contribution in [-0.4, -0.2) is 34.8 Å². The summed E-state index contributed by atoms with van der Waals surface area (Å²) in [6.45, 7) is 4.39. The molecule has 1 saturated heterocycles. The van der Waals surface area contributed by atoms with Gasteiger partial charge in [0.05, 0.1) is 5.92 Å². The van der Waals surface area contributed by atoms with Crippen molar-refractivity contribution in [2.75, 3.05) is 18.4 Å². The first kappa shape index (κ1) is 17.1. The van der Waals surface area contributed by atoms with E-state index in [-0.39, 0.29) is 28.8 Å². The summed E-state index contributed by atoms with van der Waals surface area (Å²) in [7, 11) is 0. The number of hydrogen-bond donors (Lipinski definition) is 1. The first-order chi connectivity index (χ1) is 12.0. The van der Waals surface area contributed by atoms with Crippen molar-refractivity contribution in [1.82, 2.24) is 9.88 Å². The number of carbonyl (C=O) groups excluding carboxylic acids is 2. The highest BCUT2D eigenvalue weighted by molar-refractivity contribution is 5.95. The van der Waals surface area contributed by atoms with E-state index in [0.29, 0.717) is 25.2 Å². The molecule has 2 heterocycles. The van der Waals surface area contributed by atoms with E-state index < -0.39 is 12.3 Å². The highest BCUT2D eigenvalue weighted by atomic mass is 19.3. The number of likely N-dealkylation sites (tertiary alicyclic amines) is 1. The molecule has 1 N–H and O–H groups in total. The molecule has 3 rings (SSSR count). The average molecular weight is 349 g/mol. The standard InChI is InChI=1S/C17H17F2N3O3/c1-2-14(23)22-7-3-4-10(9-22)16(24)20-11-5-6-13-12(8-11)21-17(25-13)15(18)19/h2,5-6,8,10,15H,1,3-4,7,9H2,(H,20,24)/t10-/m1/s1. The number of fused-ring (bicyclic) bond motifs is 1. The van der Waals surface area contributed by atoms with Gasteiger partial charge in [-0.1, -0.05) is 6.58 Å². The minimum Gasteiger partial charge on any atom is -0.435 e. The number of alkyl halides is 2. The van der Waals surface area contributed by atoms with Crippen LogP contribution in [0.2, 0.25) is 0 Å². The third kappa shape index (κ3) is 3.67. The quantitative estimate of drug-likeness (QED) is 0.861. The molecule has 0 radical (unpaired) electrons. The summed E-state index contributed by atoms with van der Waals surface area (Å²) < 4.78 is 30.2. The molecule has 1 aromatic heterocycles. The molecule has 1 aliphatic rings. The molecule has 132 valence electrons. The summed E-state index contributed by atoms with van der Waals surface area (Å²) in [5.41, 5.74) is 0.924. The Morgan fingerprint density at radius 3 is 2.96 bits per heavy atom. The van der Waals surface area contributed by atoms with E-state index in [1.165, 1.54) is 18.2 Å². The molecule has 1 aliphatic heterocycles. The number of halogens is 2. The van der Waals surface area contributed by atoms with Crippen molar-refractivity contribution >= 4 is 28.6 Å². The lowest BCUT2D eigenvalue weighted by Crippen LogP contribution is -2.43. The van der Waals surface area contributed by atoms with Gasteiger partial charge in [0, 0.05) is 18.8 Å². The van der Waals surface area contributed by atoms with Crippen molar-refractivity contribution in [2.24, 2.45) is 5.92 Å². The zero-order valence-corrected chi connectivity index (χ0v) is 13.4. The zero-order valence-electron chi connectivity index (χ0n) is 13.4. The summed E-state index contributed by atoms with van der Waals surface area (Å²) in [5, 5.41) is 2.75. The summed E-state index contributed by atoms with van der Waals surface area (Å²) in [6, 6.07) is 4.53. The van der Waals surface area contributed by atoms with Crippen LogP contribution in [0.3, 0.4) is 0 Å². The highest BCUT2D eigenvalue weighted by Gasteiger charge is 2.27. The highest BCUT2D eigenvalue weighted by Crippen LogP contribution is 2.26. The SMILES string of the molecule is C=CC(=O)N1CCC[C@@H](C(=O)Nc2ccc3oc(C(F)F)nc3c2)C1. The zero-order chi connectivity index (χ0) is 18.0. The molecule has 1 fully saturated rings. The van der Waals surface area contributed by atoms with Crippen LogP contribution in [-0.2, 0) is 9.59 Å². The third-order valence-electron chi connectivity index (χ3n) is 4.14. The first-order valence-electron chi connectivity index (χ1n) is 7.89. The van der Waals surface area contributed by atoms with E-state index in [1.807, 2.05) is 0 Å². The Kier molecular flexibility index (Phi) is 4.78. The Hall–Kier alpha value is -2.77. The maximum Gasteiger partial charge on any atom is 0.313 e. The fourth-order valence-electron chi connectivity index (χ4n) is 2.88. The summed E-state index contributed by atoms with van der Waals surface area (Å²) in [5.74, 6) is -1.40. The maximum absolute atomic E-state index is 12.6. The van der Waals surface area contributed by atoms with Gasteiger partial charge in [-0.05, 0) is 37.1 Å². The van der Waals surface area contributed by atoms with Gasteiger partial charge in [-0.15, -0.1) is 0 Å². The van der Waals surface area contributed by atoms with E-state index in [4.69, 9.17) is 4.42 Å². The third-order valence-corrected chi connectivity index (χ3v) is 4.14. The second-order valence-corrected chi connectivity index (χ2v) is 5.85. The van der Waals surface area contributed by atoms with Crippen molar-refractivity contribution in [1.29, 1.82) is 0 Å². The molecular formula is C17H17F2N3O3. The minimum atomic E-state index is -2.79. The predicted octanol–water partition coefficient (Wildman–Crippen LogP) is 3.13. The number of carbonyl (C=O) groups is 2. The topological polar surface area (TPSA) is 75.4 Å². The molecule has 25 heavy (non-hydrogen) atoms. The lowest BCUT2D eigenvalue weighted by Gasteiger charge is -2.31. The number of anilines is 1. The number of nitrogens with one attached hydrogen (secondary N) is 1. The fourth-order valence-corrected chi connectivity index (χ4v) is 2.88. The molecule has 2 amide bonds. The number of piperidine rings is 1. The number of amides is 2. The van der Waals surface area contributed by atoms with Gasteiger partial charge >= 0.3 is 6.43 Å². The van der Waals surface area contributed by atoms with E-state index >= 15 is 0 Å². The molecule has 6 nitrogen and oxygen atoms in total. The lowest BCUT2D eigenvalue weighted by molar-refractivity contribution is -0.130. The van der Waals surface area contributed by atoms with Gasteiger partial charge in [-0.25, -0.2) is 4.98 Å². The Morgan fingerprint density at radius 2 is 2.24 bits per heavy atom. The molecule has 2 aromatic rings. The number of oxazole rings is 1. The van der Waals surface area contributed by atoms with Crippen LogP contribution in [0.15, 0.2) is 35.3 Å². The van der Waals surface area contributed by atoms with Gasteiger partial charge in [0.1, 0.15) is 5.52 Å². The largest absolute Gasteiger partial charge is 0.435 e. The van der Waals surface area contributed by atoms with E-state index in [0.717, 1.165) is 6.42 Å². The number of aromatic nitrogens is 1. The summed E-state index contributed by atoms with van der Waals surface area (Å²) in [4.78, 5) is 29.4. The average Bonchev–Trinajstić information content (AvgIpc) is 3.04. The van der Waals surface area contributed by atoms with Crippen LogP contribution in [0.5, 0.6) is 0 Å². The molecule has 1 aromatic carbocycles. The van der Waals surface area contributed by atoms with Crippen LogP contribution < -0.4 is 5.32 Å². The Bertz CT molecular complexity index is 819. The molecule has 0 bridgehead atoms. The Morgan fingerprint density at radius 1 is 1.44 bits per heavy atom. The smallest absolute Gasteiger partial charge is 0.313 e. The van der Waals surface area contributed by atoms with Crippen LogP contribution in [0.4, 0.5) is 14.5 Å². The Balaban J connectivity index is 1.70. The number of rotatable bonds is 4. The van der Waals surface area contributed by atoms with Gasteiger partial charge in [0.25, 0.3) is 5.89 Å². The van der Waals surface area contributed by atoms with Crippen LogP contribution in [0.25, 0.3) is 11.1 Å². The van der Waals surface area contributed by atoms with Crippen molar-refractivity contribution in [3.8, 4) is 0 Å². The number of hydrogen-bond acceptors (Lipinski definition) is 4. The molecule has 0 spiro atoms. The maximum atomic E-state index is 12.6. The lowest BCUT2D eigenvalue weighted by atomic mass is 9.97. The second kappa shape index (κ2) is 7.00. The van der Waals surface area contributed by atoms with Crippen LogP contribution in [0.1, 0.15) is 25.2 Å². The van der Waals surface area contributed by atoms with Gasteiger partial charge < -0.3 is 14.6 Å². The monoisotopic (exact) mass is 349 g/mol. The van der Waals surface area contributed by atoms with Gasteiger partial charge in [0.15, 0.2) is 5.58 Å². The molecular weight excluding hydrogens is 332 g/mol. The van der Waals surface area contributed by atoms with E-state index in [1.54, 1.807) is 11.0 Å². The van der Waals surface area contributed by atoms with Crippen molar-refractivity contribution in [2.45, 2.75) is 19.3 Å². The molecule has 8 heteroatoms. The predicted molar refractivity (Wildman–Crippen MR) is 87.1 cm³/mol. The number of nitrogens with zero attached hydrogens (tertiary/aromatic N) is 2. The molecule has 1 atom stereocenters.